The highest BCUT2D eigenvalue weighted by Gasteiger charge is 2.07. The summed E-state index contributed by atoms with van der Waals surface area (Å²) in [6, 6.07) is 12.1. The topological polar surface area (TPSA) is 59.9 Å². The van der Waals surface area contributed by atoms with Crippen molar-refractivity contribution in [2.75, 3.05) is 5.32 Å². The van der Waals surface area contributed by atoms with E-state index in [-0.39, 0.29) is 5.75 Å². The van der Waals surface area contributed by atoms with Gasteiger partial charge in [0.1, 0.15) is 11.6 Å². The van der Waals surface area contributed by atoms with Gasteiger partial charge in [-0.1, -0.05) is 12.1 Å². The van der Waals surface area contributed by atoms with E-state index in [1.807, 2.05) is 31.2 Å². The summed E-state index contributed by atoms with van der Waals surface area (Å²) < 4.78 is 29.0. The summed E-state index contributed by atoms with van der Waals surface area (Å²) in [5, 5.41) is 3.18. The maximum atomic E-state index is 12.3. The molecule has 1 N–H and O–H groups in total. The van der Waals surface area contributed by atoms with Crippen molar-refractivity contribution in [3.63, 3.8) is 0 Å². The van der Waals surface area contributed by atoms with Gasteiger partial charge in [0.15, 0.2) is 5.82 Å². The van der Waals surface area contributed by atoms with E-state index in [2.05, 4.69) is 25.0 Å². The number of aromatic nitrogens is 3. The van der Waals surface area contributed by atoms with Crippen LogP contribution in [-0.4, -0.2) is 21.6 Å². The van der Waals surface area contributed by atoms with E-state index in [4.69, 9.17) is 0 Å². The molecule has 0 amide bonds. The summed E-state index contributed by atoms with van der Waals surface area (Å²) >= 11 is 0. The lowest BCUT2D eigenvalue weighted by Crippen LogP contribution is -2.05. The normalized spacial score (nSPS) is 10.7. The highest BCUT2D eigenvalue weighted by atomic mass is 19.3. The first-order valence-corrected chi connectivity index (χ1v) is 7.64. The largest absolute Gasteiger partial charge is 0.435 e. The predicted octanol–water partition coefficient (Wildman–Crippen LogP) is 4.06. The summed E-state index contributed by atoms with van der Waals surface area (Å²) in [7, 11) is 0. The van der Waals surface area contributed by atoms with Gasteiger partial charge in [-0.25, -0.2) is 9.97 Å². The van der Waals surface area contributed by atoms with Crippen molar-refractivity contribution < 1.29 is 13.5 Å². The Kier molecular flexibility index (Phi) is 5.13. The molecule has 2 aromatic heterocycles. The number of anilines is 1. The zero-order valence-electron chi connectivity index (χ0n) is 13.5. The van der Waals surface area contributed by atoms with Gasteiger partial charge in [0.05, 0.1) is 0 Å². The minimum absolute atomic E-state index is 0.129. The van der Waals surface area contributed by atoms with Crippen molar-refractivity contribution in [3.8, 4) is 17.1 Å². The number of rotatable bonds is 6. The predicted molar refractivity (Wildman–Crippen MR) is 90.4 cm³/mol. The van der Waals surface area contributed by atoms with Crippen LogP contribution in [0.25, 0.3) is 11.4 Å². The number of nitrogens with one attached hydrogen (secondary N) is 1. The SMILES string of the molecule is Cc1cc(NCc2cccc(OC(F)F)c2)nc(-c2cccnc2)n1. The van der Waals surface area contributed by atoms with E-state index in [9.17, 15) is 8.78 Å². The van der Waals surface area contributed by atoms with Gasteiger partial charge in [-0.15, -0.1) is 0 Å². The number of ether oxygens (including phenoxy) is 1. The van der Waals surface area contributed by atoms with Crippen molar-refractivity contribution in [1.82, 2.24) is 15.0 Å². The Morgan fingerprint density at radius 2 is 2.00 bits per heavy atom. The minimum Gasteiger partial charge on any atom is -0.435 e. The second kappa shape index (κ2) is 7.65. The molecule has 0 atom stereocenters. The van der Waals surface area contributed by atoms with Crippen LogP contribution in [0.2, 0.25) is 0 Å². The number of halogens is 2. The number of hydrogen-bond acceptors (Lipinski definition) is 5. The van der Waals surface area contributed by atoms with Crippen LogP contribution in [0.3, 0.4) is 0 Å². The molecule has 0 radical (unpaired) electrons. The fourth-order valence-electron chi connectivity index (χ4n) is 2.31. The lowest BCUT2D eigenvalue weighted by Gasteiger charge is -2.10. The number of nitrogens with zero attached hydrogens (tertiary/aromatic N) is 3. The average Bonchev–Trinajstić information content (AvgIpc) is 2.60. The molecule has 0 fully saturated rings. The summed E-state index contributed by atoms with van der Waals surface area (Å²) in [5.74, 6) is 1.35. The zero-order valence-corrected chi connectivity index (χ0v) is 13.5. The Balaban J connectivity index is 1.74. The molecule has 0 unspecified atom stereocenters. The first-order valence-electron chi connectivity index (χ1n) is 7.64. The average molecular weight is 342 g/mol. The van der Waals surface area contributed by atoms with E-state index >= 15 is 0 Å². The maximum absolute atomic E-state index is 12.3. The highest BCUT2D eigenvalue weighted by Crippen LogP contribution is 2.19. The van der Waals surface area contributed by atoms with Gasteiger partial charge in [-0.2, -0.15) is 8.78 Å². The van der Waals surface area contributed by atoms with Crippen molar-refractivity contribution in [3.05, 3.63) is 66.1 Å². The monoisotopic (exact) mass is 342 g/mol. The lowest BCUT2D eigenvalue weighted by molar-refractivity contribution is -0.0498. The fraction of sp³-hybridized carbons (Fsp3) is 0.167. The molecule has 0 aliphatic rings. The first kappa shape index (κ1) is 16.8. The lowest BCUT2D eigenvalue weighted by atomic mass is 10.2. The second-order valence-corrected chi connectivity index (χ2v) is 5.34. The van der Waals surface area contributed by atoms with E-state index in [1.165, 1.54) is 6.07 Å². The molecule has 0 aliphatic heterocycles. The van der Waals surface area contributed by atoms with E-state index in [1.54, 1.807) is 24.5 Å². The molecule has 1 aromatic carbocycles. The standard InChI is InChI=1S/C18H16F2N4O/c1-12-8-16(24-17(23-12)14-5-3-7-21-11-14)22-10-13-4-2-6-15(9-13)25-18(19)20/h2-9,11,18H,10H2,1H3,(H,22,23,24). The molecule has 0 aliphatic carbocycles. The summed E-state index contributed by atoms with van der Waals surface area (Å²) in [4.78, 5) is 13.0. The van der Waals surface area contributed by atoms with Crippen LogP contribution in [0.15, 0.2) is 54.9 Å². The Morgan fingerprint density at radius 3 is 2.76 bits per heavy atom. The number of hydrogen-bond donors (Lipinski definition) is 1. The zero-order chi connectivity index (χ0) is 17.6. The molecule has 0 spiro atoms. The molecule has 7 heteroatoms. The van der Waals surface area contributed by atoms with Crippen LogP contribution in [0.5, 0.6) is 5.75 Å². The first-order chi connectivity index (χ1) is 12.1. The molecule has 3 aromatic rings. The number of pyridine rings is 1. The van der Waals surface area contributed by atoms with Gasteiger partial charge < -0.3 is 10.1 Å². The minimum atomic E-state index is -2.84. The van der Waals surface area contributed by atoms with Crippen LogP contribution in [0.4, 0.5) is 14.6 Å². The van der Waals surface area contributed by atoms with Crippen LogP contribution < -0.4 is 10.1 Å². The van der Waals surface area contributed by atoms with Gasteiger partial charge in [0, 0.05) is 36.3 Å². The van der Waals surface area contributed by atoms with Gasteiger partial charge >= 0.3 is 6.61 Å². The van der Waals surface area contributed by atoms with Gasteiger partial charge in [-0.3, -0.25) is 4.98 Å². The van der Waals surface area contributed by atoms with Crippen molar-refractivity contribution in [2.24, 2.45) is 0 Å². The van der Waals surface area contributed by atoms with E-state index in [0.717, 1.165) is 16.8 Å². The molecule has 2 heterocycles. The van der Waals surface area contributed by atoms with Gasteiger partial charge in [0.25, 0.3) is 0 Å². The molecular weight excluding hydrogens is 326 g/mol. The van der Waals surface area contributed by atoms with Crippen molar-refractivity contribution in [2.45, 2.75) is 20.1 Å². The van der Waals surface area contributed by atoms with Crippen LogP contribution in [-0.2, 0) is 6.54 Å². The van der Waals surface area contributed by atoms with E-state index < -0.39 is 6.61 Å². The molecule has 0 saturated heterocycles. The summed E-state index contributed by atoms with van der Waals surface area (Å²) in [6.07, 6.45) is 3.39. The molecule has 0 saturated carbocycles. The molecule has 128 valence electrons. The summed E-state index contributed by atoms with van der Waals surface area (Å²) in [5.41, 5.74) is 2.44. The van der Waals surface area contributed by atoms with Crippen LogP contribution in [0.1, 0.15) is 11.3 Å². The maximum Gasteiger partial charge on any atom is 0.387 e. The molecular formula is C18H16F2N4O. The second-order valence-electron chi connectivity index (χ2n) is 5.34. The van der Waals surface area contributed by atoms with Crippen molar-refractivity contribution >= 4 is 5.82 Å². The Hall–Kier alpha value is -3.09. The quantitative estimate of drug-likeness (QED) is 0.732. The fourth-order valence-corrected chi connectivity index (χ4v) is 2.31. The van der Waals surface area contributed by atoms with Crippen LogP contribution >= 0.6 is 0 Å². The third kappa shape index (κ3) is 4.69. The smallest absolute Gasteiger partial charge is 0.387 e. The molecule has 0 bridgehead atoms. The third-order valence-electron chi connectivity index (χ3n) is 3.37. The Morgan fingerprint density at radius 1 is 1.12 bits per heavy atom. The van der Waals surface area contributed by atoms with E-state index in [0.29, 0.717) is 18.2 Å². The van der Waals surface area contributed by atoms with Gasteiger partial charge in [-0.05, 0) is 36.8 Å². The molecule has 3 rings (SSSR count). The molecule has 5 nitrogen and oxygen atoms in total. The third-order valence-corrected chi connectivity index (χ3v) is 3.37. The van der Waals surface area contributed by atoms with Crippen molar-refractivity contribution in [1.29, 1.82) is 0 Å². The number of aryl methyl sites for hydroxylation is 1. The molecule has 25 heavy (non-hydrogen) atoms. The Bertz CT molecular complexity index is 843. The highest BCUT2D eigenvalue weighted by molar-refractivity contribution is 5.56. The van der Waals surface area contributed by atoms with Crippen LogP contribution in [0, 0.1) is 6.92 Å². The Labute approximate surface area is 143 Å². The van der Waals surface area contributed by atoms with Gasteiger partial charge in [0.2, 0.25) is 0 Å². The number of benzene rings is 1. The number of alkyl halides is 2. The summed E-state index contributed by atoms with van der Waals surface area (Å²) in [6.45, 7) is -0.539.